The summed E-state index contributed by atoms with van der Waals surface area (Å²) in [6.45, 7) is 0.706. The van der Waals surface area contributed by atoms with Crippen LogP contribution in [-0.2, 0) is 0 Å². The quantitative estimate of drug-likeness (QED) is 0.609. The molecule has 4 heteroatoms. The SMILES string of the molecule is O=C(Cl)NCC1(C2CCCC2)CC=CS1. The molecule has 0 radical (unpaired) electrons. The van der Waals surface area contributed by atoms with Gasteiger partial charge in [-0.1, -0.05) is 18.9 Å². The van der Waals surface area contributed by atoms with Gasteiger partial charge in [0.2, 0.25) is 0 Å². The molecule has 84 valence electrons. The summed E-state index contributed by atoms with van der Waals surface area (Å²) in [6, 6.07) is 0. The third-order valence-corrected chi connectivity index (χ3v) is 5.06. The highest BCUT2D eigenvalue weighted by molar-refractivity contribution is 8.03. The van der Waals surface area contributed by atoms with Crippen LogP contribution in [0.15, 0.2) is 11.5 Å². The van der Waals surface area contributed by atoms with Crippen molar-refractivity contribution >= 4 is 28.7 Å². The summed E-state index contributed by atoms with van der Waals surface area (Å²) in [5.74, 6) is 0.737. The molecule has 1 fully saturated rings. The summed E-state index contributed by atoms with van der Waals surface area (Å²) in [5, 5.41) is 4.51. The van der Waals surface area contributed by atoms with Crippen LogP contribution in [0.3, 0.4) is 0 Å². The smallest absolute Gasteiger partial charge is 0.313 e. The maximum atomic E-state index is 10.8. The average molecular weight is 246 g/mol. The Morgan fingerprint density at radius 2 is 2.27 bits per heavy atom. The standard InChI is InChI=1S/C11H16ClNOS/c12-10(14)13-8-11(6-3-7-15-11)9-4-1-2-5-9/h3,7,9H,1-2,4-6,8H2,(H,13,14). The first-order valence-corrected chi connectivity index (χ1v) is 6.75. The van der Waals surface area contributed by atoms with E-state index < -0.39 is 5.37 Å². The van der Waals surface area contributed by atoms with Crippen molar-refractivity contribution in [1.82, 2.24) is 5.32 Å². The Kier molecular flexibility index (Phi) is 3.62. The van der Waals surface area contributed by atoms with Crippen molar-refractivity contribution in [2.24, 2.45) is 5.92 Å². The van der Waals surface area contributed by atoms with Crippen LogP contribution in [0, 0.1) is 5.92 Å². The molecule has 1 N–H and O–H groups in total. The van der Waals surface area contributed by atoms with Crippen molar-refractivity contribution < 1.29 is 4.79 Å². The van der Waals surface area contributed by atoms with Gasteiger partial charge in [0.15, 0.2) is 0 Å². The summed E-state index contributed by atoms with van der Waals surface area (Å²) >= 11 is 7.22. The lowest BCUT2D eigenvalue weighted by Crippen LogP contribution is -2.42. The molecule has 0 spiro atoms. The van der Waals surface area contributed by atoms with Crippen LogP contribution >= 0.6 is 23.4 Å². The molecule has 1 unspecified atom stereocenters. The normalized spacial score (nSPS) is 31.0. The summed E-state index contributed by atoms with van der Waals surface area (Å²) in [6.07, 6.45) is 8.55. The number of carbonyl (C=O) groups is 1. The Morgan fingerprint density at radius 1 is 1.53 bits per heavy atom. The molecular weight excluding hydrogens is 230 g/mol. The molecule has 2 nitrogen and oxygen atoms in total. The van der Waals surface area contributed by atoms with Crippen LogP contribution in [0.5, 0.6) is 0 Å². The van der Waals surface area contributed by atoms with Crippen LogP contribution < -0.4 is 5.32 Å². The molecule has 0 aromatic carbocycles. The van der Waals surface area contributed by atoms with Gasteiger partial charge in [0.05, 0.1) is 0 Å². The lowest BCUT2D eigenvalue weighted by Gasteiger charge is -2.34. The van der Waals surface area contributed by atoms with Crippen molar-refractivity contribution in [1.29, 1.82) is 0 Å². The van der Waals surface area contributed by atoms with Gasteiger partial charge in [-0.2, -0.15) is 0 Å². The molecule has 1 saturated carbocycles. The van der Waals surface area contributed by atoms with Gasteiger partial charge in [-0.3, -0.25) is 4.79 Å². The van der Waals surface area contributed by atoms with Crippen molar-refractivity contribution in [2.45, 2.75) is 36.9 Å². The Bertz CT molecular complexity index is 266. The summed E-state index contributed by atoms with van der Waals surface area (Å²) in [4.78, 5) is 10.8. The maximum Gasteiger partial charge on any atom is 0.313 e. The fraction of sp³-hybridized carbons (Fsp3) is 0.727. The van der Waals surface area contributed by atoms with Gasteiger partial charge < -0.3 is 5.32 Å². The lowest BCUT2D eigenvalue weighted by atomic mass is 9.87. The minimum absolute atomic E-state index is 0.195. The third kappa shape index (κ3) is 2.51. The zero-order valence-electron chi connectivity index (χ0n) is 8.67. The highest BCUT2D eigenvalue weighted by Crippen LogP contribution is 2.48. The molecule has 15 heavy (non-hydrogen) atoms. The van der Waals surface area contributed by atoms with Crippen molar-refractivity contribution in [3.05, 3.63) is 11.5 Å². The molecule has 0 aromatic heterocycles. The van der Waals surface area contributed by atoms with Gasteiger partial charge in [-0.15, -0.1) is 11.8 Å². The molecule has 0 aromatic rings. The van der Waals surface area contributed by atoms with Gasteiger partial charge in [0.1, 0.15) is 0 Å². The monoisotopic (exact) mass is 245 g/mol. The number of carbonyl (C=O) groups excluding carboxylic acids is 1. The summed E-state index contributed by atoms with van der Waals surface area (Å²) in [5.41, 5.74) is 0. The second kappa shape index (κ2) is 4.79. The molecule has 0 saturated heterocycles. The predicted molar refractivity (Wildman–Crippen MR) is 65.3 cm³/mol. The van der Waals surface area contributed by atoms with Crippen molar-refractivity contribution in [3.8, 4) is 0 Å². The minimum Gasteiger partial charge on any atom is -0.341 e. The van der Waals surface area contributed by atoms with E-state index in [9.17, 15) is 4.79 Å². The van der Waals surface area contributed by atoms with Crippen LogP contribution in [0.25, 0.3) is 0 Å². The van der Waals surface area contributed by atoms with Gasteiger partial charge in [-0.25, -0.2) is 0 Å². The molecule has 1 atom stereocenters. The largest absolute Gasteiger partial charge is 0.341 e. The van der Waals surface area contributed by atoms with Crippen LogP contribution in [0.1, 0.15) is 32.1 Å². The Hall–Kier alpha value is -0.150. The van der Waals surface area contributed by atoms with E-state index in [1.165, 1.54) is 25.7 Å². The van der Waals surface area contributed by atoms with Crippen LogP contribution in [0.4, 0.5) is 4.79 Å². The number of hydrogen-bond acceptors (Lipinski definition) is 2. The molecule has 2 aliphatic rings. The maximum absolute atomic E-state index is 10.8. The van der Waals surface area contributed by atoms with Crippen LogP contribution in [0.2, 0.25) is 0 Å². The van der Waals surface area contributed by atoms with Gasteiger partial charge in [-0.05, 0) is 42.2 Å². The van der Waals surface area contributed by atoms with Gasteiger partial charge in [0.25, 0.3) is 0 Å². The van der Waals surface area contributed by atoms with Gasteiger partial charge in [0, 0.05) is 11.3 Å². The number of hydrogen-bond donors (Lipinski definition) is 1. The number of thioether (sulfide) groups is 1. The molecule has 1 aliphatic heterocycles. The first-order valence-electron chi connectivity index (χ1n) is 5.49. The Labute approximate surface area is 99.8 Å². The second-order valence-corrected chi connectivity index (χ2v) is 6.03. The fourth-order valence-electron chi connectivity index (χ4n) is 2.67. The zero-order valence-corrected chi connectivity index (χ0v) is 10.2. The van der Waals surface area contributed by atoms with E-state index in [2.05, 4.69) is 16.8 Å². The van der Waals surface area contributed by atoms with Crippen LogP contribution in [-0.4, -0.2) is 16.7 Å². The lowest BCUT2D eigenvalue weighted by molar-refractivity contribution is 0.256. The van der Waals surface area contributed by atoms with E-state index in [1.807, 2.05) is 11.8 Å². The minimum atomic E-state index is -0.431. The fourth-order valence-corrected chi connectivity index (χ4v) is 3.98. The van der Waals surface area contributed by atoms with Crippen molar-refractivity contribution in [2.75, 3.05) is 6.54 Å². The number of halogens is 1. The van der Waals surface area contributed by atoms with Gasteiger partial charge >= 0.3 is 5.37 Å². The highest BCUT2D eigenvalue weighted by atomic mass is 35.5. The Morgan fingerprint density at radius 3 is 2.80 bits per heavy atom. The topological polar surface area (TPSA) is 29.1 Å². The van der Waals surface area contributed by atoms with E-state index in [1.54, 1.807) is 0 Å². The molecular formula is C11H16ClNOS. The number of amides is 1. The summed E-state index contributed by atoms with van der Waals surface area (Å²) < 4.78 is 0.195. The molecule has 1 heterocycles. The first kappa shape index (κ1) is 11.3. The zero-order chi connectivity index (χ0) is 10.7. The molecule has 1 amide bonds. The predicted octanol–water partition coefficient (Wildman–Crippen LogP) is 3.51. The third-order valence-electron chi connectivity index (χ3n) is 3.49. The van der Waals surface area contributed by atoms with E-state index in [-0.39, 0.29) is 4.75 Å². The van der Waals surface area contributed by atoms with Crippen molar-refractivity contribution in [3.63, 3.8) is 0 Å². The highest BCUT2D eigenvalue weighted by Gasteiger charge is 2.41. The number of nitrogens with one attached hydrogen (secondary N) is 1. The van der Waals surface area contributed by atoms with E-state index >= 15 is 0 Å². The number of allylic oxidation sites excluding steroid dienone is 1. The summed E-state index contributed by atoms with van der Waals surface area (Å²) in [7, 11) is 0. The van der Waals surface area contributed by atoms with E-state index in [0.717, 1.165) is 12.3 Å². The average Bonchev–Trinajstić information content (AvgIpc) is 2.86. The molecule has 1 aliphatic carbocycles. The molecule has 0 bridgehead atoms. The second-order valence-electron chi connectivity index (χ2n) is 4.37. The molecule has 2 rings (SSSR count). The first-order chi connectivity index (χ1) is 7.23. The Balaban J connectivity index is 1.99. The number of rotatable bonds is 3. The van der Waals surface area contributed by atoms with E-state index in [4.69, 9.17) is 11.6 Å². The van der Waals surface area contributed by atoms with E-state index in [0.29, 0.717) is 6.54 Å².